The van der Waals surface area contributed by atoms with Gasteiger partial charge in [0.25, 0.3) is 6.43 Å². The van der Waals surface area contributed by atoms with Gasteiger partial charge >= 0.3 is 6.16 Å². The highest BCUT2D eigenvalue weighted by Gasteiger charge is 2.26. The quantitative estimate of drug-likeness (QED) is 0.583. The number of halogens is 2. The third-order valence-electron chi connectivity index (χ3n) is 0.973. The van der Waals surface area contributed by atoms with E-state index in [1.165, 1.54) is 0 Å². The number of carbonyl (C=O) groups excluding carboxylic acids is 1. The smallest absolute Gasteiger partial charge is 0.428 e. The number of carbonyl (C=O) groups is 1. The van der Waals surface area contributed by atoms with Crippen LogP contribution in [0.1, 0.15) is 0 Å². The molecule has 0 aromatic carbocycles. The van der Waals surface area contributed by atoms with Crippen molar-refractivity contribution in [3.05, 3.63) is 0 Å². The molecule has 0 aromatic rings. The maximum absolute atomic E-state index is 11.5. The molecule has 1 atom stereocenters. The summed E-state index contributed by atoms with van der Waals surface area (Å²) in [7, 11) is 0. The molecule has 64 valence electrons. The number of alkyl halides is 2. The van der Waals surface area contributed by atoms with Crippen LogP contribution in [0.25, 0.3) is 0 Å². The standard InChI is InChI=1S/C5H6F2O4/c6-3(7)1-9-4-2-10-5(8)11-4/h3-4H,1-2H2. The lowest BCUT2D eigenvalue weighted by atomic mass is 10.7. The highest BCUT2D eigenvalue weighted by Crippen LogP contribution is 2.08. The third kappa shape index (κ3) is 2.67. The maximum atomic E-state index is 11.5. The normalized spacial score (nSPS) is 23.5. The average Bonchev–Trinajstić information content (AvgIpc) is 2.31. The Kier molecular flexibility index (Phi) is 2.58. The molecule has 6 heteroatoms. The van der Waals surface area contributed by atoms with E-state index in [2.05, 4.69) is 14.2 Å². The molecule has 0 aromatic heterocycles. The first-order valence-corrected chi connectivity index (χ1v) is 2.91. The van der Waals surface area contributed by atoms with Gasteiger partial charge in [-0.2, -0.15) is 0 Å². The van der Waals surface area contributed by atoms with E-state index in [1.807, 2.05) is 0 Å². The van der Waals surface area contributed by atoms with Crippen molar-refractivity contribution in [1.29, 1.82) is 0 Å². The Morgan fingerprint density at radius 3 is 2.91 bits per heavy atom. The molecule has 11 heavy (non-hydrogen) atoms. The first-order valence-electron chi connectivity index (χ1n) is 2.91. The Morgan fingerprint density at radius 1 is 1.73 bits per heavy atom. The van der Waals surface area contributed by atoms with Crippen LogP contribution >= 0.6 is 0 Å². The lowest BCUT2D eigenvalue weighted by Gasteiger charge is -2.06. The molecule has 1 heterocycles. The van der Waals surface area contributed by atoms with Gasteiger partial charge < -0.3 is 14.2 Å². The molecule has 0 bridgehead atoms. The molecule has 0 saturated carbocycles. The van der Waals surface area contributed by atoms with E-state index >= 15 is 0 Å². The Bertz CT molecular complexity index is 149. The van der Waals surface area contributed by atoms with Crippen molar-refractivity contribution in [2.24, 2.45) is 0 Å². The summed E-state index contributed by atoms with van der Waals surface area (Å²) in [5.74, 6) is 0. The van der Waals surface area contributed by atoms with E-state index in [0.29, 0.717) is 0 Å². The van der Waals surface area contributed by atoms with Gasteiger partial charge in [0.05, 0.1) is 0 Å². The van der Waals surface area contributed by atoms with Crippen molar-refractivity contribution in [2.45, 2.75) is 12.7 Å². The Labute approximate surface area is 61.0 Å². The second-order valence-corrected chi connectivity index (χ2v) is 1.83. The zero-order chi connectivity index (χ0) is 8.27. The van der Waals surface area contributed by atoms with E-state index in [4.69, 9.17) is 0 Å². The highest BCUT2D eigenvalue weighted by atomic mass is 19.3. The van der Waals surface area contributed by atoms with Gasteiger partial charge in [-0.15, -0.1) is 0 Å². The molecule has 0 aliphatic carbocycles. The van der Waals surface area contributed by atoms with Gasteiger partial charge in [0.2, 0.25) is 6.29 Å². The molecular formula is C5H6F2O4. The van der Waals surface area contributed by atoms with Gasteiger partial charge in [-0.1, -0.05) is 0 Å². The number of ether oxygens (including phenoxy) is 3. The van der Waals surface area contributed by atoms with Crippen LogP contribution in [0.3, 0.4) is 0 Å². The van der Waals surface area contributed by atoms with Crippen LogP contribution in [0.2, 0.25) is 0 Å². The van der Waals surface area contributed by atoms with E-state index < -0.39 is 25.5 Å². The van der Waals surface area contributed by atoms with Crippen LogP contribution in [-0.4, -0.2) is 32.1 Å². The fraction of sp³-hybridized carbons (Fsp3) is 0.800. The molecule has 1 rings (SSSR count). The maximum Gasteiger partial charge on any atom is 0.510 e. The second kappa shape index (κ2) is 3.47. The van der Waals surface area contributed by atoms with Crippen LogP contribution < -0.4 is 0 Å². The summed E-state index contributed by atoms with van der Waals surface area (Å²) in [4.78, 5) is 10.2. The first kappa shape index (κ1) is 8.19. The molecule has 1 aliphatic heterocycles. The third-order valence-corrected chi connectivity index (χ3v) is 0.973. The molecule has 0 amide bonds. The minimum absolute atomic E-state index is 0.119. The predicted molar refractivity (Wildman–Crippen MR) is 28.2 cm³/mol. The van der Waals surface area contributed by atoms with Crippen LogP contribution in [0.5, 0.6) is 0 Å². The molecule has 4 nitrogen and oxygen atoms in total. The van der Waals surface area contributed by atoms with Crippen molar-refractivity contribution >= 4 is 6.16 Å². The molecule has 1 aliphatic rings. The zero-order valence-electron chi connectivity index (χ0n) is 5.46. The van der Waals surface area contributed by atoms with Crippen LogP contribution in [0.4, 0.5) is 13.6 Å². The topological polar surface area (TPSA) is 44.8 Å². The summed E-state index contributed by atoms with van der Waals surface area (Å²) >= 11 is 0. The van der Waals surface area contributed by atoms with Gasteiger partial charge in [-0.25, -0.2) is 13.6 Å². The summed E-state index contributed by atoms with van der Waals surface area (Å²) < 4.78 is 35.9. The largest absolute Gasteiger partial charge is 0.510 e. The monoisotopic (exact) mass is 168 g/mol. The second-order valence-electron chi connectivity index (χ2n) is 1.83. The van der Waals surface area contributed by atoms with Crippen molar-refractivity contribution < 1.29 is 27.8 Å². The Hall–Kier alpha value is -0.910. The van der Waals surface area contributed by atoms with Gasteiger partial charge in [0.15, 0.2) is 6.61 Å². The van der Waals surface area contributed by atoms with E-state index in [0.717, 1.165) is 0 Å². The minimum Gasteiger partial charge on any atom is -0.428 e. The van der Waals surface area contributed by atoms with Gasteiger partial charge in [0.1, 0.15) is 6.61 Å². The average molecular weight is 168 g/mol. The van der Waals surface area contributed by atoms with Crippen molar-refractivity contribution in [2.75, 3.05) is 13.2 Å². The molecular weight excluding hydrogens is 162 g/mol. The van der Waals surface area contributed by atoms with Gasteiger partial charge in [0, 0.05) is 0 Å². The molecule has 0 radical (unpaired) electrons. The highest BCUT2D eigenvalue weighted by molar-refractivity contribution is 5.61. The summed E-state index contributed by atoms with van der Waals surface area (Å²) in [5.41, 5.74) is 0. The lowest BCUT2D eigenvalue weighted by Crippen LogP contribution is -2.18. The van der Waals surface area contributed by atoms with Gasteiger partial charge in [-0.05, 0) is 0 Å². The summed E-state index contributed by atoms with van der Waals surface area (Å²) in [5, 5.41) is 0. The van der Waals surface area contributed by atoms with Crippen molar-refractivity contribution in [3.8, 4) is 0 Å². The molecule has 1 saturated heterocycles. The number of cyclic esters (lactones) is 2. The minimum atomic E-state index is -2.56. The Morgan fingerprint density at radius 2 is 2.45 bits per heavy atom. The number of hydrogen-bond donors (Lipinski definition) is 0. The number of hydrogen-bond acceptors (Lipinski definition) is 4. The Balaban J connectivity index is 2.13. The molecule has 1 unspecified atom stereocenters. The van der Waals surface area contributed by atoms with E-state index in [-0.39, 0.29) is 6.61 Å². The molecule has 1 fully saturated rings. The van der Waals surface area contributed by atoms with Crippen molar-refractivity contribution in [3.63, 3.8) is 0 Å². The number of rotatable bonds is 3. The van der Waals surface area contributed by atoms with Crippen LogP contribution in [0, 0.1) is 0 Å². The fourth-order valence-corrected chi connectivity index (χ4v) is 0.574. The van der Waals surface area contributed by atoms with E-state index in [1.54, 1.807) is 0 Å². The predicted octanol–water partition coefficient (Wildman–Crippen LogP) is 0.761. The fourth-order valence-electron chi connectivity index (χ4n) is 0.574. The van der Waals surface area contributed by atoms with Gasteiger partial charge in [-0.3, -0.25) is 0 Å². The summed E-state index contributed by atoms with van der Waals surface area (Å²) in [6.07, 6.45) is -4.42. The SMILES string of the molecule is O=C1OCC(OCC(F)F)O1. The molecule has 0 spiro atoms. The van der Waals surface area contributed by atoms with E-state index in [9.17, 15) is 13.6 Å². The summed E-state index contributed by atoms with van der Waals surface area (Å²) in [6, 6.07) is 0. The first-order chi connectivity index (χ1) is 5.18. The lowest BCUT2D eigenvalue weighted by molar-refractivity contribution is -0.109. The zero-order valence-corrected chi connectivity index (χ0v) is 5.46. The van der Waals surface area contributed by atoms with Crippen molar-refractivity contribution in [1.82, 2.24) is 0 Å². The summed E-state index contributed by atoms with van der Waals surface area (Å²) in [6.45, 7) is -0.868. The van der Waals surface area contributed by atoms with Crippen LogP contribution in [-0.2, 0) is 14.2 Å². The molecule has 0 N–H and O–H groups in total. The van der Waals surface area contributed by atoms with Crippen LogP contribution in [0.15, 0.2) is 0 Å².